The van der Waals surface area contributed by atoms with E-state index in [1.54, 1.807) is 6.20 Å². The molecule has 1 N–H and O–H groups in total. The van der Waals surface area contributed by atoms with Crippen molar-refractivity contribution < 1.29 is 4.74 Å². The molecule has 5 heteroatoms. The van der Waals surface area contributed by atoms with Crippen molar-refractivity contribution in [3.8, 4) is 11.6 Å². The van der Waals surface area contributed by atoms with Crippen molar-refractivity contribution >= 4 is 27.5 Å². The first kappa shape index (κ1) is 15.3. The van der Waals surface area contributed by atoms with Crippen LogP contribution in [0.15, 0.2) is 34.9 Å². The smallest absolute Gasteiger partial charge is 0.238 e. The molecule has 2 aromatic rings. The Morgan fingerprint density at radius 3 is 2.80 bits per heavy atom. The van der Waals surface area contributed by atoms with Crippen LogP contribution < -0.4 is 10.1 Å². The van der Waals surface area contributed by atoms with Crippen LogP contribution in [0, 0.1) is 6.92 Å². The van der Waals surface area contributed by atoms with E-state index in [2.05, 4.69) is 33.2 Å². The Morgan fingerprint density at radius 2 is 2.15 bits per heavy atom. The molecule has 0 amide bonds. The number of nitrogens with one attached hydrogen (secondary N) is 1. The molecule has 0 bridgehead atoms. The number of halogens is 2. The third-order valence-corrected chi connectivity index (χ3v) is 3.55. The predicted molar refractivity (Wildman–Crippen MR) is 85.6 cm³/mol. The van der Waals surface area contributed by atoms with Crippen LogP contribution in [0.25, 0.3) is 0 Å². The molecule has 0 saturated carbocycles. The van der Waals surface area contributed by atoms with Crippen LogP contribution in [-0.2, 0) is 6.54 Å². The number of pyridine rings is 1. The van der Waals surface area contributed by atoms with E-state index < -0.39 is 0 Å². The van der Waals surface area contributed by atoms with Gasteiger partial charge in [0, 0.05) is 17.2 Å². The van der Waals surface area contributed by atoms with Gasteiger partial charge in [-0.05, 0) is 48.9 Å². The van der Waals surface area contributed by atoms with Gasteiger partial charge in [-0.15, -0.1) is 0 Å². The Morgan fingerprint density at radius 1 is 1.35 bits per heavy atom. The van der Waals surface area contributed by atoms with Crippen molar-refractivity contribution in [3.05, 3.63) is 51.1 Å². The van der Waals surface area contributed by atoms with E-state index in [-0.39, 0.29) is 0 Å². The number of benzene rings is 1. The first-order valence-corrected chi connectivity index (χ1v) is 7.56. The quantitative estimate of drug-likeness (QED) is 0.843. The second kappa shape index (κ2) is 7.07. The SMILES string of the molecule is CCNCc1cnc(Oc2ccc(Br)cc2C)c(Cl)c1. The van der Waals surface area contributed by atoms with Crippen LogP contribution in [0.3, 0.4) is 0 Å². The highest BCUT2D eigenvalue weighted by molar-refractivity contribution is 9.10. The summed E-state index contributed by atoms with van der Waals surface area (Å²) >= 11 is 9.64. The summed E-state index contributed by atoms with van der Waals surface area (Å²) in [5.41, 5.74) is 2.06. The van der Waals surface area contributed by atoms with E-state index in [0.29, 0.717) is 10.9 Å². The van der Waals surface area contributed by atoms with E-state index in [9.17, 15) is 0 Å². The minimum Gasteiger partial charge on any atom is -0.437 e. The van der Waals surface area contributed by atoms with Gasteiger partial charge < -0.3 is 10.1 Å². The Hall–Kier alpha value is -1.10. The molecule has 1 heterocycles. The summed E-state index contributed by atoms with van der Waals surface area (Å²) < 4.78 is 6.79. The summed E-state index contributed by atoms with van der Waals surface area (Å²) in [6, 6.07) is 7.68. The van der Waals surface area contributed by atoms with Gasteiger partial charge in [-0.3, -0.25) is 0 Å². The highest BCUT2D eigenvalue weighted by Crippen LogP contribution is 2.30. The fourth-order valence-electron chi connectivity index (χ4n) is 1.74. The average Bonchev–Trinajstić information content (AvgIpc) is 2.42. The topological polar surface area (TPSA) is 34.2 Å². The summed E-state index contributed by atoms with van der Waals surface area (Å²) in [6.07, 6.45) is 1.78. The lowest BCUT2D eigenvalue weighted by molar-refractivity contribution is 0.459. The van der Waals surface area contributed by atoms with Crippen LogP contribution in [0.5, 0.6) is 11.6 Å². The van der Waals surface area contributed by atoms with Crippen molar-refractivity contribution in [1.82, 2.24) is 10.3 Å². The van der Waals surface area contributed by atoms with Crippen LogP contribution in [-0.4, -0.2) is 11.5 Å². The van der Waals surface area contributed by atoms with Gasteiger partial charge in [-0.1, -0.05) is 34.5 Å². The summed E-state index contributed by atoms with van der Waals surface area (Å²) in [6.45, 7) is 5.70. The summed E-state index contributed by atoms with van der Waals surface area (Å²) in [4.78, 5) is 4.28. The maximum atomic E-state index is 6.22. The molecule has 3 nitrogen and oxygen atoms in total. The Balaban J connectivity index is 2.17. The number of ether oxygens (including phenoxy) is 1. The van der Waals surface area contributed by atoms with Gasteiger partial charge in [0.1, 0.15) is 10.8 Å². The zero-order chi connectivity index (χ0) is 14.5. The van der Waals surface area contributed by atoms with Gasteiger partial charge in [-0.2, -0.15) is 0 Å². The van der Waals surface area contributed by atoms with E-state index in [1.165, 1.54) is 0 Å². The molecule has 106 valence electrons. The molecule has 0 aliphatic heterocycles. The van der Waals surface area contributed by atoms with Crippen molar-refractivity contribution in [3.63, 3.8) is 0 Å². The second-order valence-electron chi connectivity index (χ2n) is 4.42. The lowest BCUT2D eigenvalue weighted by Gasteiger charge is -2.10. The Bertz CT molecular complexity index is 604. The highest BCUT2D eigenvalue weighted by atomic mass is 79.9. The normalized spacial score (nSPS) is 10.6. The van der Waals surface area contributed by atoms with Crippen LogP contribution in [0.2, 0.25) is 5.02 Å². The molecule has 2 rings (SSSR count). The van der Waals surface area contributed by atoms with Gasteiger partial charge in [0.2, 0.25) is 5.88 Å². The zero-order valence-electron chi connectivity index (χ0n) is 11.4. The fourth-order valence-corrected chi connectivity index (χ4v) is 2.44. The molecule has 0 radical (unpaired) electrons. The molecule has 0 aliphatic rings. The van der Waals surface area contributed by atoms with Gasteiger partial charge in [-0.25, -0.2) is 4.98 Å². The number of hydrogen-bond acceptors (Lipinski definition) is 3. The second-order valence-corrected chi connectivity index (χ2v) is 5.75. The van der Waals surface area contributed by atoms with Crippen LogP contribution >= 0.6 is 27.5 Å². The summed E-state index contributed by atoms with van der Waals surface area (Å²) in [5.74, 6) is 1.18. The van der Waals surface area contributed by atoms with Gasteiger partial charge in [0.25, 0.3) is 0 Å². The number of aryl methyl sites for hydroxylation is 1. The highest BCUT2D eigenvalue weighted by Gasteiger charge is 2.08. The molecule has 1 aromatic heterocycles. The molecule has 1 aromatic carbocycles. The number of nitrogens with zero attached hydrogens (tertiary/aromatic N) is 1. The van der Waals surface area contributed by atoms with E-state index in [4.69, 9.17) is 16.3 Å². The van der Waals surface area contributed by atoms with E-state index >= 15 is 0 Å². The molecule has 0 unspecified atom stereocenters. The fraction of sp³-hybridized carbons (Fsp3) is 0.267. The number of aromatic nitrogens is 1. The van der Waals surface area contributed by atoms with Crippen molar-refractivity contribution in [1.29, 1.82) is 0 Å². The molecule has 0 atom stereocenters. The van der Waals surface area contributed by atoms with Gasteiger partial charge >= 0.3 is 0 Å². The minimum absolute atomic E-state index is 0.428. The average molecular weight is 356 g/mol. The van der Waals surface area contributed by atoms with Crippen LogP contribution in [0.4, 0.5) is 0 Å². The molecule has 0 aliphatic carbocycles. The lowest BCUT2D eigenvalue weighted by atomic mass is 10.2. The summed E-state index contributed by atoms with van der Waals surface area (Å²) in [7, 11) is 0. The van der Waals surface area contributed by atoms with Gasteiger partial charge in [0.05, 0.1) is 0 Å². The number of rotatable bonds is 5. The van der Waals surface area contributed by atoms with Crippen molar-refractivity contribution in [2.75, 3.05) is 6.54 Å². The largest absolute Gasteiger partial charge is 0.437 e. The van der Waals surface area contributed by atoms with Crippen LogP contribution in [0.1, 0.15) is 18.1 Å². The van der Waals surface area contributed by atoms with Gasteiger partial charge in [0.15, 0.2) is 0 Å². The number of hydrogen-bond donors (Lipinski definition) is 1. The zero-order valence-corrected chi connectivity index (χ0v) is 13.8. The Labute approximate surface area is 132 Å². The summed E-state index contributed by atoms with van der Waals surface area (Å²) in [5, 5.41) is 3.75. The molecular weight excluding hydrogens is 340 g/mol. The molecular formula is C15H16BrClN2O. The van der Waals surface area contributed by atoms with Crippen molar-refractivity contribution in [2.24, 2.45) is 0 Å². The third-order valence-electron chi connectivity index (χ3n) is 2.79. The van der Waals surface area contributed by atoms with E-state index in [0.717, 1.165) is 34.4 Å². The standard InChI is InChI=1S/C15H16BrClN2O/c1-3-18-8-11-7-13(17)15(19-9-11)20-14-5-4-12(16)6-10(14)2/h4-7,9,18H,3,8H2,1-2H3. The van der Waals surface area contributed by atoms with Crippen molar-refractivity contribution in [2.45, 2.75) is 20.4 Å². The first-order valence-electron chi connectivity index (χ1n) is 6.39. The molecule has 0 fully saturated rings. The monoisotopic (exact) mass is 354 g/mol. The van der Waals surface area contributed by atoms with E-state index in [1.807, 2.05) is 31.2 Å². The third kappa shape index (κ3) is 3.95. The Kier molecular flexibility index (Phi) is 5.40. The molecule has 0 saturated heterocycles. The minimum atomic E-state index is 0.428. The first-order chi connectivity index (χ1) is 9.60. The molecule has 0 spiro atoms. The predicted octanol–water partition coefficient (Wildman–Crippen LogP) is 4.71. The lowest BCUT2D eigenvalue weighted by Crippen LogP contribution is -2.11. The maximum Gasteiger partial charge on any atom is 0.238 e. The molecule has 20 heavy (non-hydrogen) atoms. The maximum absolute atomic E-state index is 6.22.